The van der Waals surface area contributed by atoms with Crippen LogP contribution in [0.2, 0.25) is 0 Å². The van der Waals surface area contributed by atoms with Crippen LogP contribution in [0.15, 0.2) is 28.2 Å². The average molecular weight is 373 g/mol. The molecular weight excluding hydrogens is 346 g/mol. The van der Waals surface area contributed by atoms with Gasteiger partial charge in [0.1, 0.15) is 18.2 Å². The first kappa shape index (κ1) is 19.3. The molecule has 0 aromatic carbocycles. The molecule has 0 saturated heterocycles. The van der Waals surface area contributed by atoms with Gasteiger partial charge in [0.2, 0.25) is 0 Å². The zero-order valence-corrected chi connectivity index (χ0v) is 16.2. The summed E-state index contributed by atoms with van der Waals surface area (Å²) in [6, 6.07) is 3.39. The van der Waals surface area contributed by atoms with Crippen LogP contribution in [0.1, 0.15) is 41.8 Å². The van der Waals surface area contributed by atoms with Crippen LogP contribution in [0.4, 0.5) is 0 Å². The van der Waals surface area contributed by atoms with Crippen molar-refractivity contribution in [3.8, 4) is 0 Å². The fourth-order valence-electron chi connectivity index (χ4n) is 3.02. The Morgan fingerprint density at radius 1 is 1.30 bits per heavy atom. The Morgan fingerprint density at radius 3 is 2.93 bits per heavy atom. The zero-order chi connectivity index (χ0) is 19.2. The number of nitrogens with zero attached hydrogens (tertiary/aromatic N) is 4. The highest BCUT2D eigenvalue weighted by Gasteiger charge is 2.19. The summed E-state index contributed by atoms with van der Waals surface area (Å²) in [6.45, 7) is 8.57. The molecule has 3 rings (SSSR count). The van der Waals surface area contributed by atoms with Crippen LogP contribution in [-0.4, -0.2) is 52.3 Å². The Balaban J connectivity index is 1.57. The zero-order valence-electron chi connectivity index (χ0n) is 16.2. The van der Waals surface area contributed by atoms with Crippen molar-refractivity contribution >= 4 is 5.91 Å². The Hall–Kier alpha value is -2.45. The number of hydrogen-bond acceptors (Lipinski definition) is 6. The summed E-state index contributed by atoms with van der Waals surface area (Å²) in [5.74, 6) is 2.36. The van der Waals surface area contributed by atoms with Crippen LogP contribution in [0.25, 0.3) is 0 Å². The third-order valence-electron chi connectivity index (χ3n) is 4.53. The molecule has 0 fully saturated rings. The van der Waals surface area contributed by atoms with E-state index in [4.69, 9.17) is 9.15 Å². The normalized spacial score (nSPS) is 14.5. The van der Waals surface area contributed by atoms with Gasteiger partial charge in [0.15, 0.2) is 11.6 Å². The number of hydrogen-bond donors (Lipinski definition) is 1. The molecule has 146 valence electrons. The number of aromatic nitrogens is 3. The van der Waals surface area contributed by atoms with Crippen LogP contribution >= 0.6 is 0 Å². The second-order valence-corrected chi connectivity index (χ2v) is 6.90. The summed E-state index contributed by atoms with van der Waals surface area (Å²) in [4.78, 5) is 14.7. The molecule has 0 bridgehead atoms. The van der Waals surface area contributed by atoms with Crippen molar-refractivity contribution in [1.82, 2.24) is 25.0 Å². The van der Waals surface area contributed by atoms with E-state index in [2.05, 4.69) is 44.9 Å². The van der Waals surface area contributed by atoms with E-state index in [0.717, 1.165) is 44.2 Å². The molecule has 0 atom stereocenters. The van der Waals surface area contributed by atoms with Crippen molar-refractivity contribution in [2.45, 2.75) is 40.0 Å². The van der Waals surface area contributed by atoms with Gasteiger partial charge >= 0.3 is 0 Å². The summed E-state index contributed by atoms with van der Waals surface area (Å²) in [7, 11) is 1.58. The molecule has 1 aliphatic rings. The first-order valence-corrected chi connectivity index (χ1v) is 9.19. The molecule has 1 amide bonds. The number of ether oxygens (including phenoxy) is 1. The number of furan rings is 1. The van der Waals surface area contributed by atoms with Crippen molar-refractivity contribution in [2.24, 2.45) is 0 Å². The Labute approximate surface area is 159 Å². The smallest absolute Gasteiger partial charge is 0.287 e. The molecule has 0 spiro atoms. The number of fused-ring (bicyclic) bond motifs is 1. The quantitative estimate of drug-likeness (QED) is 0.745. The number of allylic oxidation sites excluding steroid dienone is 1. The van der Waals surface area contributed by atoms with Gasteiger partial charge in [-0.15, -0.1) is 10.2 Å². The van der Waals surface area contributed by atoms with E-state index < -0.39 is 0 Å². The summed E-state index contributed by atoms with van der Waals surface area (Å²) in [5.41, 5.74) is 1.33. The van der Waals surface area contributed by atoms with Gasteiger partial charge in [0.25, 0.3) is 5.91 Å². The summed E-state index contributed by atoms with van der Waals surface area (Å²) >= 11 is 0. The average Bonchev–Trinajstić information content (AvgIpc) is 3.21. The maximum atomic E-state index is 12.3. The lowest BCUT2D eigenvalue weighted by molar-refractivity contribution is 0.0913. The molecular formula is C19H27N5O3. The molecule has 0 radical (unpaired) electrons. The van der Waals surface area contributed by atoms with E-state index >= 15 is 0 Å². The summed E-state index contributed by atoms with van der Waals surface area (Å²) in [5, 5.41) is 11.4. The standard InChI is InChI=1S/C19H27N5O3/c1-14(2)6-8-23-9-7-17-21-22-18(24(17)11-10-23)12-20-19(25)16-5-4-15(27-16)13-26-3/h4-6H,7-13H2,1-3H3,(H,20,25). The van der Waals surface area contributed by atoms with Crippen molar-refractivity contribution in [2.75, 3.05) is 26.7 Å². The van der Waals surface area contributed by atoms with Crippen LogP contribution in [0.3, 0.4) is 0 Å². The molecule has 8 heteroatoms. The van der Waals surface area contributed by atoms with Crippen molar-refractivity contribution in [3.63, 3.8) is 0 Å². The monoisotopic (exact) mass is 373 g/mol. The van der Waals surface area contributed by atoms with Crippen LogP contribution in [0.5, 0.6) is 0 Å². The second kappa shape index (κ2) is 8.96. The maximum absolute atomic E-state index is 12.3. The van der Waals surface area contributed by atoms with Crippen molar-refractivity contribution in [3.05, 3.63) is 47.0 Å². The van der Waals surface area contributed by atoms with Crippen molar-refractivity contribution < 1.29 is 13.9 Å². The third-order valence-corrected chi connectivity index (χ3v) is 4.53. The van der Waals surface area contributed by atoms with Crippen LogP contribution in [-0.2, 0) is 30.9 Å². The highest BCUT2D eigenvalue weighted by atomic mass is 16.5. The lowest BCUT2D eigenvalue weighted by Crippen LogP contribution is -2.28. The van der Waals surface area contributed by atoms with Gasteiger partial charge < -0.3 is 19.0 Å². The molecule has 2 aromatic rings. The van der Waals surface area contributed by atoms with E-state index in [0.29, 0.717) is 18.9 Å². The number of nitrogens with one attached hydrogen (secondary N) is 1. The number of rotatable bonds is 7. The molecule has 0 unspecified atom stereocenters. The minimum Gasteiger partial charge on any atom is -0.453 e. The van der Waals surface area contributed by atoms with E-state index in [1.165, 1.54) is 5.57 Å². The molecule has 1 aliphatic heterocycles. The van der Waals surface area contributed by atoms with E-state index in [1.54, 1.807) is 19.2 Å². The Kier molecular flexibility index (Phi) is 6.41. The lowest BCUT2D eigenvalue weighted by Gasteiger charge is -2.17. The predicted octanol–water partition coefficient (Wildman–Crippen LogP) is 1.77. The number of amides is 1. The molecule has 8 nitrogen and oxygen atoms in total. The first-order chi connectivity index (χ1) is 13.1. The Bertz CT molecular complexity index is 804. The number of methoxy groups -OCH3 is 1. The summed E-state index contributed by atoms with van der Waals surface area (Å²) in [6.07, 6.45) is 3.10. The number of carbonyl (C=O) groups excluding carboxylic acids is 1. The first-order valence-electron chi connectivity index (χ1n) is 9.19. The molecule has 3 heterocycles. The lowest BCUT2D eigenvalue weighted by atomic mass is 10.3. The molecule has 27 heavy (non-hydrogen) atoms. The van der Waals surface area contributed by atoms with E-state index in [-0.39, 0.29) is 11.7 Å². The second-order valence-electron chi connectivity index (χ2n) is 6.90. The Morgan fingerprint density at radius 2 is 2.15 bits per heavy atom. The van der Waals surface area contributed by atoms with Gasteiger partial charge in [0, 0.05) is 39.7 Å². The molecule has 1 N–H and O–H groups in total. The van der Waals surface area contributed by atoms with Crippen molar-refractivity contribution in [1.29, 1.82) is 0 Å². The fraction of sp³-hybridized carbons (Fsp3) is 0.526. The highest BCUT2D eigenvalue weighted by molar-refractivity contribution is 5.91. The van der Waals surface area contributed by atoms with Gasteiger partial charge in [-0.1, -0.05) is 11.6 Å². The van der Waals surface area contributed by atoms with Gasteiger partial charge in [0.05, 0.1) is 6.54 Å². The predicted molar refractivity (Wildman–Crippen MR) is 100 cm³/mol. The van der Waals surface area contributed by atoms with E-state index in [9.17, 15) is 4.79 Å². The molecule has 0 aliphatic carbocycles. The minimum atomic E-state index is -0.270. The van der Waals surface area contributed by atoms with Gasteiger partial charge in [-0.05, 0) is 26.0 Å². The van der Waals surface area contributed by atoms with Gasteiger partial charge in [-0.3, -0.25) is 9.69 Å². The third kappa shape index (κ3) is 5.05. The fourth-order valence-corrected chi connectivity index (χ4v) is 3.02. The van der Waals surface area contributed by atoms with Crippen LogP contribution in [0, 0.1) is 0 Å². The van der Waals surface area contributed by atoms with Gasteiger partial charge in [-0.25, -0.2) is 0 Å². The SMILES string of the molecule is COCc1ccc(C(=O)NCc2nnc3n2CCN(CC=C(C)C)CC3)o1. The largest absolute Gasteiger partial charge is 0.453 e. The molecule has 0 saturated carbocycles. The maximum Gasteiger partial charge on any atom is 0.287 e. The molecule has 2 aromatic heterocycles. The summed E-state index contributed by atoms with van der Waals surface area (Å²) < 4.78 is 12.6. The number of carbonyl (C=O) groups is 1. The highest BCUT2D eigenvalue weighted by Crippen LogP contribution is 2.11. The minimum absolute atomic E-state index is 0.269. The van der Waals surface area contributed by atoms with E-state index in [1.807, 2.05) is 0 Å². The topological polar surface area (TPSA) is 85.4 Å². The van der Waals surface area contributed by atoms with Gasteiger partial charge in [-0.2, -0.15) is 0 Å². The van der Waals surface area contributed by atoms with Crippen LogP contribution < -0.4 is 5.32 Å².